The maximum Gasteiger partial charge on any atom is 0.316 e. The van der Waals surface area contributed by atoms with Gasteiger partial charge in [0, 0.05) is 15.4 Å². The average molecular weight is 450 g/mol. The summed E-state index contributed by atoms with van der Waals surface area (Å²) in [5.74, 6) is -0.484. The average Bonchev–Trinajstić information content (AvgIpc) is 2.65. The molecule has 0 aliphatic carbocycles. The molecule has 144 valence electrons. The number of nitrogens with one attached hydrogen (secondary N) is 1. The normalized spacial score (nSPS) is 11.7. The van der Waals surface area contributed by atoms with Crippen molar-refractivity contribution in [1.82, 2.24) is 5.32 Å². The van der Waals surface area contributed by atoms with E-state index in [9.17, 15) is 9.59 Å². The van der Waals surface area contributed by atoms with Crippen LogP contribution in [0.2, 0.25) is 0 Å². The summed E-state index contributed by atoms with van der Waals surface area (Å²) in [4.78, 5) is 24.8. The van der Waals surface area contributed by atoms with Gasteiger partial charge in [0.1, 0.15) is 0 Å². The van der Waals surface area contributed by atoms with Crippen LogP contribution in [0.4, 0.5) is 0 Å². The van der Waals surface area contributed by atoms with Crippen LogP contribution < -0.4 is 5.32 Å². The van der Waals surface area contributed by atoms with Gasteiger partial charge in [-0.1, -0.05) is 46.3 Å². The molecule has 1 atom stereocenters. The Morgan fingerprint density at radius 2 is 1.93 bits per heavy atom. The van der Waals surface area contributed by atoms with Crippen LogP contribution in [-0.4, -0.2) is 30.3 Å². The highest BCUT2D eigenvalue weighted by molar-refractivity contribution is 9.10. The Hall–Kier alpha value is -1.79. The Kier molecular flexibility index (Phi) is 8.88. The van der Waals surface area contributed by atoms with E-state index in [2.05, 4.69) is 33.4 Å². The van der Waals surface area contributed by atoms with Crippen LogP contribution in [0.25, 0.3) is 0 Å². The van der Waals surface area contributed by atoms with E-state index >= 15 is 0 Å². The zero-order valence-corrected chi connectivity index (χ0v) is 17.9. The van der Waals surface area contributed by atoms with Gasteiger partial charge < -0.3 is 10.1 Å². The topological polar surface area (TPSA) is 55.4 Å². The molecule has 6 heteroatoms. The van der Waals surface area contributed by atoms with E-state index < -0.39 is 5.97 Å². The van der Waals surface area contributed by atoms with Gasteiger partial charge >= 0.3 is 5.97 Å². The second-order valence-corrected chi connectivity index (χ2v) is 8.28. The molecular weight excluding hydrogens is 426 g/mol. The molecule has 2 aromatic carbocycles. The van der Waals surface area contributed by atoms with E-state index in [0.29, 0.717) is 0 Å². The number of ether oxygens (including phenoxy) is 1. The van der Waals surface area contributed by atoms with Crippen molar-refractivity contribution in [3.63, 3.8) is 0 Å². The first kappa shape index (κ1) is 21.5. The van der Waals surface area contributed by atoms with Crippen molar-refractivity contribution < 1.29 is 14.3 Å². The number of thioether (sulfide) groups is 1. The first-order valence-electron chi connectivity index (χ1n) is 8.82. The maximum atomic E-state index is 11.9. The summed E-state index contributed by atoms with van der Waals surface area (Å²) in [6.07, 6.45) is 1.73. The van der Waals surface area contributed by atoms with Crippen LogP contribution in [0.15, 0.2) is 57.9 Å². The Bertz CT molecular complexity index is 767. The van der Waals surface area contributed by atoms with Crippen LogP contribution in [-0.2, 0) is 20.7 Å². The van der Waals surface area contributed by atoms with Crippen LogP contribution in [0.5, 0.6) is 0 Å². The van der Waals surface area contributed by atoms with Crippen molar-refractivity contribution in [2.24, 2.45) is 0 Å². The lowest BCUT2D eigenvalue weighted by Gasteiger charge is -2.14. The number of rotatable bonds is 9. The first-order chi connectivity index (χ1) is 12.9. The molecule has 1 unspecified atom stereocenters. The molecular formula is C21H24BrNO3S. The minimum atomic E-state index is -0.394. The van der Waals surface area contributed by atoms with Crippen molar-refractivity contribution in [3.05, 3.63) is 64.1 Å². The van der Waals surface area contributed by atoms with Gasteiger partial charge in [-0.2, -0.15) is 0 Å². The zero-order valence-electron chi connectivity index (χ0n) is 15.5. The number of aryl methyl sites for hydroxylation is 2. The van der Waals surface area contributed by atoms with Crippen molar-refractivity contribution >= 4 is 39.6 Å². The van der Waals surface area contributed by atoms with E-state index in [1.54, 1.807) is 0 Å². The summed E-state index contributed by atoms with van der Waals surface area (Å²) in [5.41, 5.74) is 2.33. The third-order valence-electron chi connectivity index (χ3n) is 3.96. The Balaban J connectivity index is 1.64. The lowest BCUT2D eigenvalue weighted by atomic mass is 10.1. The molecule has 0 heterocycles. The van der Waals surface area contributed by atoms with Gasteiger partial charge in [0.15, 0.2) is 6.61 Å². The molecule has 0 aromatic heterocycles. The standard InChI is InChI=1S/C21H24BrNO3S/c1-15-12-18(22)10-11-19(15)27-14-21(25)26-13-20(24)23-16(2)8-9-17-6-4-3-5-7-17/h3-7,10-12,16H,8-9,13-14H2,1-2H3,(H,23,24). The molecule has 0 bridgehead atoms. The van der Waals surface area contributed by atoms with Gasteiger partial charge in [0.2, 0.25) is 0 Å². The predicted molar refractivity (Wildman–Crippen MR) is 113 cm³/mol. The molecule has 0 fully saturated rings. The number of carbonyl (C=O) groups is 2. The quantitative estimate of drug-likeness (QED) is 0.451. The molecule has 2 aromatic rings. The lowest BCUT2D eigenvalue weighted by Crippen LogP contribution is -2.36. The third kappa shape index (κ3) is 8.18. The summed E-state index contributed by atoms with van der Waals surface area (Å²) in [6, 6.07) is 16.1. The van der Waals surface area contributed by atoms with Gasteiger partial charge in [0.25, 0.3) is 5.91 Å². The Morgan fingerprint density at radius 3 is 2.63 bits per heavy atom. The molecule has 0 aliphatic heterocycles. The second-order valence-electron chi connectivity index (χ2n) is 6.35. The highest BCUT2D eigenvalue weighted by Crippen LogP contribution is 2.25. The molecule has 0 saturated heterocycles. The zero-order chi connectivity index (χ0) is 19.6. The third-order valence-corrected chi connectivity index (χ3v) is 5.61. The largest absolute Gasteiger partial charge is 0.455 e. The molecule has 0 saturated carbocycles. The number of benzene rings is 2. The molecule has 0 spiro atoms. The molecule has 2 rings (SSSR count). The maximum absolute atomic E-state index is 11.9. The molecule has 1 N–H and O–H groups in total. The fraction of sp³-hybridized carbons (Fsp3) is 0.333. The van der Waals surface area contributed by atoms with E-state index in [4.69, 9.17) is 4.74 Å². The fourth-order valence-corrected chi connectivity index (χ4v) is 3.80. The molecule has 4 nitrogen and oxygen atoms in total. The van der Waals surface area contributed by atoms with E-state index in [0.717, 1.165) is 27.8 Å². The number of esters is 1. The number of amides is 1. The summed E-state index contributed by atoms with van der Waals surface area (Å²) in [6.45, 7) is 3.70. The molecule has 0 radical (unpaired) electrons. The minimum Gasteiger partial charge on any atom is -0.455 e. The monoisotopic (exact) mass is 449 g/mol. The molecule has 27 heavy (non-hydrogen) atoms. The van der Waals surface area contributed by atoms with E-state index in [1.165, 1.54) is 17.3 Å². The molecule has 1 amide bonds. The number of halogens is 1. The highest BCUT2D eigenvalue weighted by Gasteiger charge is 2.12. The van der Waals surface area contributed by atoms with Gasteiger partial charge in [0.05, 0.1) is 5.75 Å². The first-order valence-corrected chi connectivity index (χ1v) is 10.6. The minimum absolute atomic E-state index is 0.0243. The smallest absolute Gasteiger partial charge is 0.316 e. The Labute approximate surface area is 173 Å². The van der Waals surface area contributed by atoms with Crippen molar-refractivity contribution in [3.8, 4) is 0 Å². The number of hydrogen-bond acceptors (Lipinski definition) is 4. The SMILES string of the molecule is Cc1cc(Br)ccc1SCC(=O)OCC(=O)NC(C)CCc1ccccc1. The Morgan fingerprint density at radius 1 is 1.19 bits per heavy atom. The van der Waals surface area contributed by atoms with Gasteiger partial charge in [-0.05, 0) is 56.0 Å². The van der Waals surface area contributed by atoms with E-state index in [-0.39, 0.29) is 24.3 Å². The second kappa shape index (κ2) is 11.1. The fourth-order valence-electron chi connectivity index (χ4n) is 2.52. The summed E-state index contributed by atoms with van der Waals surface area (Å²) < 4.78 is 6.08. The van der Waals surface area contributed by atoms with Crippen molar-refractivity contribution in [2.45, 2.75) is 37.6 Å². The van der Waals surface area contributed by atoms with Crippen molar-refractivity contribution in [2.75, 3.05) is 12.4 Å². The van der Waals surface area contributed by atoms with Crippen LogP contribution in [0.3, 0.4) is 0 Å². The number of carbonyl (C=O) groups excluding carboxylic acids is 2. The van der Waals surface area contributed by atoms with Crippen LogP contribution in [0, 0.1) is 6.92 Å². The summed E-state index contributed by atoms with van der Waals surface area (Å²) in [7, 11) is 0. The van der Waals surface area contributed by atoms with Gasteiger partial charge in [-0.15, -0.1) is 11.8 Å². The highest BCUT2D eigenvalue weighted by atomic mass is 79.9. The number of hydrogen-bond donors (Lipinski definition) is 1. The van der Waals surface area contributed by atoms with Crippen molar-refractivity contribution in [1.29, 1.82) is 0 Å². The lowest BCUT2D eigenvalue weighted by molar-refractivity contribution is -0.146. The van der Waals surface area contributed by atoms with Crippen LogP contribution >= 0.6 is 27.7 Å². The van der Waals surface area contributed by atoms with Gasteiger partial charge in [-0.3, -0.25) is 9.59 Å². The summed E-state index contributed by atoms with van der Waals surface area (Å²) in [5, 5.41) is 2.87. The summed E-state index contributed by atoms with van der Waals surface area (Å²) >= 11 is 4.82. The van der Waals surface area contributed by atoms with Crippen LogP contribution in [0.1, 0.15) is 24.5 Å². The van der Waals surface area contributed by atoms with Gasteiger partial charge in [-0.25, -0.2) is 0 Å². The van der Waals surface area contributed by atoms with E-state index in [1.807, 2.05) is 50.2 Å². The molecule has 0 aliphatic rings. The predicted octanol–water partition coefficient (Wildman–Crippen LogP) is 4.53.